The monoisotopic (exact) mass is 639 g/mol. The molecule has 6 N–H and O–H groups in total. The largest absolute Gasteiger partial charge is 0.507 e. The first-order chi connectivity index (χ1) is 21.3. The molecule has 1 aromatic carbocycles. The van der Waals surface area contributed by atoms with Crippen LogP contribution in [0.1, 0.15) is 78.1 Å². The van der Waals surface area contributed by atoms with Gasteiger partial charge in [-0.3, -0.25) is 24.0 Å². The molecule has 2 fully saturated rings. The van der Waals surface area contributed by atoms with Crippen molar-refractivity contribution in [1.29, 1.82) is 0 Å². The second kappa shape index (κ2) is 14.5. The molecule has 1 aromatic rings. The molecule has 1 unspecified atom stereocenters. The summed E-state index contributed by atoms with van der Waals surface area (Å²) in [6, 6.07) is 0.872. The number of carbonyl (C=O) groups is 6. The quantitative estimate of drug-likeness (QED) is 0.125. The smallest absolute Gasteiger partial charge is 0.316 e. The van der Waals surface area contributed by atoms with Gasteiger partial charge in [-0.2, -0.15) is 0 Å². The van der Waals surface area contributed by atoms with Crippen molar-refractivity contribution in [1.82, 2.24) is 20.9 Å². The molecule has 12 heteroatoms. The van der Waals surface area contributed by atoms with Crippen LogP contribution in [0.25, 0.3) is 0 Å². The number of phenolic OH excluding ortho intramolecular Hbond substituents is 1. The summed E-state index contributed by atoms with van der Waals surface area (Å²) in [5.41, 5.74) is 4.98. The number of phenols is 1. The number of Topliss-reactive ketones (excluding diaryl/α,β-unsaturated/α-hetero) is 2. The molecule has 0 spiro atoms. The molecule has 0 radical (unpaired) electrons. The summed E-state index contributed by atoms with van der Waals surface area (Å²) in [5, 5.41) is 18.3. The lowest BCUT2D eigenvalue weighted by Gasteiger charge is -2.36. The van der Waals surface area contributed by atoms with Gasteiger partial charge in [-0.1, -0.05) is 80.0 Å². The number of carbonyl (C=O) groups excluding carboxylic acids is 6. The molecule has 5 amide bonds. The van der Waals surface area contributed by atoms with Crippen LogP contribution < -0.4 is 21.7 Å². The van der Waals surface area contributed by atoms with Crippen LogP contribution in [-0.4, -0.2) is 76.0 Å². The van der Waals surface area contributed by atoms with Gasteiger partial charge in [0.2, 0.25) is 17.6 Å². The molecule has 46 heavy (non-hydrogen) atoms. The summed E-state index contributed by atoms with van der Waals surface area (Å²) in [5.74, 6) is -4.31. The third-order valence-electron chi connectivity index (χ3n) is 8.80. The molecule has 12 nitrogen and oxygen atoms in total. The van der Waals surface area contributed by atoms with Gasteiger partial charge in [-0.25, -0.2) is 4.79 Å². The average Bonchev–Trinajstić information content (AvgIpc) is 3.71. The number of rotatable bonds is 13. The minimum atomic E-state index is -1.15. The number of hydrogen-bond donors (Lipinski definition) is 5. The summed E-state index contributed by atoms with van der Waals surface area (Å²) in [7, 11) is 0. The van der Waals surface area contributed by atoms with E-state index in [0.29, 0.717) is 5.57 Å². The highest BCUT2D eigenvalue weighted by molar-refractivity contribution is 6.37. The van der Waals surface area contributed by atoms with E-state index in [-0.39, 0.29) is 48.0 Å². The van der Waals surface area contributed by atoms with Gasteiger partial charge in [0.25, 0.3) is 5.91 Å². The number of urea groups is 1. The molecule has 2 aliphatic rings. The molecule has 1 aliphatic heterocycles. The Morgan fingerprint density at radius 2 is 1.61 bits per heavy atom. The summed E-state index contributed by atoms with van der Waals surface area (Å²) in [6.45, 7) is 17.0. The highest BCUT2D eigenvalue weighted by Crippen LogP contribution is 2.37. The lowest BCUT2D eigenvalue weighted by molar-refractivity contribution is -0.142. The fourth-order valence-corrected chi connectivity index (χ4v) is 5.86. The zero-order valence-electron chi connectivity index (χ0n) is 27.9. The third kappa shape index (κ3) is 8.52. The van der Waals surface area contributed by atoms with Crippen LogP contribution in [0.3, 0.4) is 0 Å². The molecule has 1 aliphatic carbocycles. The summed E-state index contributed by atoms with van der Waals surface area (Å²) in [4.78, 5) is 80.5. The molecule has 1 heterocycles. The Labute approximate surface area is 270 Å². The van der Waals surface area contributed by atoms with Gasteiger partial charge in [-0.15, -0.1) is 0 Å². The van der Waals surface area contributed by atoms with Gasteiger partial charge in [0.15, 0.2) is 5.78 Å². The summed E-state index contributed by atoms with van der Waals surface area (Å²) >= 11 is 0. The highest BCUT2D eigenvalue weighted by Gasteiger charge is 2.48. The lowest BCUT2D eigenvalue weighted by atomic mass is 9.85. The predicted octanol–water partition coefficient (Wildman–Crippen LogP) is 2.69. The Kier molecular flexibility index (Phi) is 11.4. The first-order valence-electron chi connectivity index (χ1n) is 15.9. The Morgan fingerprint density at radius 3 is 2.11 bits per heavy atom. The summed E-state index contributed by atoms with van der Waals surface area (Å²) in [6.07, 6.45) is 2.04. The number of nitrogens with one attached hydrogen (secondary N) is 3. The Bertz CT molecular complexity index is 1380. The maximum atomic E-state index is 14.3. The van der Waals surface area contributed by atoms with Crippen LogP contribution >= 0.6 is 0 Å². The fourth-order valence-electron chi connectivity index (χ4n) is 5.86. The van der Waals surface area contributed by atoms with Gasteiger partial charge in [0, 0.05) is 12.5 Å². The van der Waals surface area contributed by atoms with E-state index >= 15 is 0 Å². The number of amides is 5. The standard InChI is InChI=1S/C34H49N5O7/c1-17(2)22-16-39(26(19(22)5)31(44)36-23(15-20-13-14-20)28(42)30(35)43)32(45)29(34(6,7)8)38-33(46)37-25(18(3)4)27(41)21-11-9-10-12-24(21)40/h9-12,17-18,20,22-23,25-26,29,40H,5,13-16H2,1-4,6-8H3,(H2,35,43)(H,36,44)(H2,37,38,46)/t22-,23?,25+,26+,29-/m1/s1. The SMILES string of the molecule is C=C1[C@@H](C(=O)NC(CC2CC2)C(=O)C(N)=O)N(C(=O)[C@@H](NC(=O)N[C@H](C(=O)c2ccccc2O)C(C)C)C(C)(C)C)C[C@@H]1C(C)C. The van der Waals surface area contributed by atoms with Crippen LogP contribution in [0.5, 0.6) is 5.75 Å². The summed E-state index contributed by atoms with van der Waals surface area (Å²) < 4.78 is 0. The van der Waals surface area contributed by atoms with Crippen molar-refractivity contribution in [2.75, 3.05) is 6.54 Å². The maximum Gasteiger partial charge on any atom is 0.316 e. The van der Waals surface area contributed by atoms with Gasteiger partial charge < -0.3 is 31.7 Å². The van der Waals surface area contributed by atoms with Gasteiger partial charge in [0.05, 0.1) is 17.6 Å². The number of likely N-dealkylation sites (tertiary alicyclic amines) is 1. The van der Waals surface area contributed by atoms with Crippen molar-refractivity contribution in [3.63, 3.8) is 0 Å². The third-order valence-corrected chi connectivity index (χ3v) is 8.80. The Balaban J connectivity index is 1.88. The van der Waals surface area contributed by atoms with Crippen molar-refractivity contribution in [3.8, 4) is 5.75 Å². The average molecular weight is 640 g/mol. The van der Waals surface area contributed by atoms with Crippen molar-refractivity contribution < 1.29 is 33.9 Å². The number of nitrogens with zero attached hydrogens (tertiary/aromatic N) is 1. The number of benzene rings is 1. The molecule has 252 valence electrons. The normalized spacial score (nSPS) is 20.2. The number of aromatic hydroxyl groups is 1. The number of para-hydroxylation sites is 1. The van der Waals surface area contributed by atoms with E-state index in [2.05, 4.69) is 22.5 Å². The van der Waals surface area contributed by atoms with E-state index in [1.165, 1.54) is 17.0 Å². The lowest BCUT2D eigenvalue weighted by Crippen LogP contribution is -2.61. The molecular formula is C34H49N5O7. The number of ketones is 2. The first-order valence-corrected chi connectivity index (χ1v) is 15.9. The minimum Gasteiger partial charge on any atom is -0.507 e. The van der Waals surface area contributed by atoms with Crippen LogP contribution in [0, 0.1) is 29.1 Å². The van der Waals surface area contributed by atoms with E-state index in [0.717, 1.165) is 12.8 Å². The predicted molar refractivity (Wildman–Crippen MR) is 172 cm³/mol. The molecule has 3 rings (SSSR count). The van der Waals surface area contributed by atoms with Crippen molar-refractivity contribution in [2.45, 2.75) is 91.9 Å². The topological polar surface area (TPSA) is 188 Å². The van der Waals surface area contributed by atoms with Gasteiger partial charge in [0.1, 0.15) is 17.8 Å². The molecule has 0 aromatic heterocycles. The van der Waals surface area contributed by atoms with E-state index in [1.807, 2.05) is 13.8 Å². The zero-order chi connectivity index (χ0) is 34.7. The Morgan fingerprint density at radius 1 is 1.00 bits per heavy atom. The van der Waals surface area contributed by atoms with E-state index in [4.69, 9.17) is 5.73 Å². The molecule has 1 saturated carbocycles. The second-order valence-electron chi connectivity index (χ2n) is 14.3. The molecular weight excluding hydrogens is 590 g/mol. The molecule has 1 saturated heterocycles. The van der Waals surface area contributed by atoms with Crippen LogP contribution in [0.15, 0.2) is 36.4 Å². The Hall–Kier alpha value is -4.22. The molecule has 0 bridgehead atoms. The minimum absolute atomic E-state index is 0.0201. The zero-order valence-corrected chi connectivity index (χ0v) is 27.9. The number of hydrogen-bond acceptors (Lipinski definition) is 7. The first kappa shape index (κ1) is 36.3. The van der Waals surface area contributed by atoms with Crippen LogP contribution in [0.2, 0.25) is 0 Å². The maximum absolute atomic E-state index is 14.3. The molecule has 5 atom stereocenters. The highest BCUT2D eigenvalue weighted by atomic mass is 16.3. The number of nitrogens with two attached hydrogens (primary N) is 1. The van der Waals surface area contributed by atoms with E-state index in [1.54, 1.807) is 46.8 Å². The second-order valence-corrected chi connectivity index (χ2v) is 14.3. The van der Waals surface area contributed by atoms with Gasteiger partial charge in [-0.05, 0) is 47.3 Å². The van der Waals surface area contributed by atoms with Crippen molar-refractivity contribution >= 4 is 35.3 Å². The van der Waals surface area contributed by atoms with Crippen LogP contribution in [-0.2, 0) is 19.2 Å². The van der Waals surface area contributed by atoms with Gasteiger partial charge >= 0.3 is 6.03 Å². The number of primary amides is 1. The van der Waals surface area contributed by atoms with Crippen molar-refractivity contribution in [2.24, 2.45) is 34.8 Å². The fraction of sp³-hybridized carbons (Fsp3) is 0.588. The van der Waals surface area contributed by atoms with E-state index in [9.17, 15) is 33.9 Å². The van der Waals surface area contributed by atoms with E-state index < -0.39 is 64.9 Å². The van der Waals surface area contributed by atoms with Crippen molar-refractivity contribution in [3.05, 3.63) is 42.0 Å². The van der Waals surface area contributed by atoms with Crippen LogP contribution in [0.4, 0.5) is 4.79 Å².